The van der Waals surface area contributed by atoms with Crippen molar-refractivity contribution in [3.8, 4) is 0 Å². The zero-order valence-electron chi connectivity index (χ0n) is 27.4. The maximum Gasteiger partial charge on any atom is 0.00285 e. The number of allylic oxidation sites excluding steroid dienone is 20. The van der Waals surface area contributed by atoms with Gasteiger partial charge in [-0.2, -0.15) is 0 Å². The Kier molecular flexibility index (Phi) is 13.4. The normalized spacial score (nSPS) is 27.1. The van der Waals surface area contributed by atoms with Gasteiger partial charge in [0.1, 0.15) is 0 Å². The number of rotatable bonds is 10. The van der Waals surface area contributed by atoms with Crippen LogP contribution < -0.4 is 0 Å². The highest BCUT2D eigenvalue weighted by Gasteiger charge is 2.34. The van der Waals surface area contributed by atoms with E-state index in [1.807, 2.05) is 0 Å². The summed E-state index contributed by atoms with van der Waals surface area (Å²) in [5, 5.41) is 0. The van der Waals surface area contributed by atoms with Gasteiger partial charge in [0.25, 0.3) is 0 Å². The van der Waals surface area contributed by atoms with Gasteiger partial charge >= 0.3 is 0 Å². The van der Waals surface area contributed by atoms with Crippen molar-refractivity contribution in [2.24, 2.45) is 28.6 Å². The van der Waals surface area contributed by atoms with E-state index in [1.165, 1.54) is 60.0 Å². The van der Waals surface area contributed by atoms with Crippen LogP contribution >= 0.6 is 0 Å². The third-order valence-electron chi connectivity index (χ3n) is 8.97. The Balaban J connectivity index is 1.86. The van der Waals surface area contributed by atoms with Crippen LogP contribution in [0.3, 0.4) is 0 Å². The zero-order chi connectivity index (χ0) is 29.8. The monoisotopic (exact) mass is 538 g/mol. The topological polar surface area (TPSA) is 0 Å². The van der Waals surface area contributed by atoms with E-state index < -0.39 is 0 Å². The molecule has 3 atom stereocenters. The average Bonchev–Trinajstić information content (AvgIpc) is 2.85. The molecule has 0 aromatic heterocycles. The van der Waals surface area contributed by atoms with E-state index in [1.54, 1.807) is 0 Å². The molecular weight excluding hydrogens is 480 g/mol. The van der Waals surface area contributed by atoms with Crippen molar-refractivity contribution < 1.29 is 0 Å². The first-order valence-electron chi connectivity index (χ1n) is 15.6. The molecule has 218 valence electrons. The summed E-state index contributed by atoms with van der Waals surface area (Å²) in [4.78, 5) is 0. The first kappa shape index (κ1) is 33.6. The molecule has 0 unspecified atom stereocenters. The van der Waals surface area contributed by atoms with Crippen LogP contribution in [0.4, 0.5) is 0 Å². The Labute approximate surface area is 248 Å². The van der Waals surface area contributed by atoms with E-state index in [0.29, 0.717) is 22.7 Å². The molecule has 0 spiro atoms. The van der Waals surface area contributed by atoms with Gasteiger partial charge in [-0.05, 0) is 76.5 Å². The second-order valence-electron chi connectivity index (χ2n) is 13.8. The predicted octanol–water partition coefficient (Wildman–Crippen LogP) is 12.4. The number of hydrogen-bond donors (Lipinski definition) is 0. The molecular formula is C40H58. The van der Waals surface area contributed by atoms with Crippen molar-refractivity contribution in [2.75, 3.05) is 0 Å². The Morgan fingerprint density at radius 1 is 0.675 bits per heavy atom. The van der Waals surface area contributed by atoms with E-state index in [2.05, 4.69) is 160 Å². The molecule has 0 amide bonds. The summed E-state index contributed by atoms with van der Waals surface area (Å²) in [6.45, 7) is 23.0. The molecule has 0 aromatic rings. The molecule has 2 rings (SSSR count). The van der Waals surface area contributed by atoms with Crippen LogP contribution in [0.1, 0.15) is 101 Å². The van der Waals surface area contributed by atoms with E-state index in [9.17, 15) is 0 Å². The lowest BCUT2D eigenvalue weighted by atomic mass is 9.64. The van der Waals surface area contributed by atoms with Crippen molar-refractivity contribution in [3.05, 3.63) is 119 Å². The first-order valence-corrected chi connectivity index (χ1v) is 15.6. The van der Waals surface area contributed by atoms with Crippen LogP contribution in [-0.4, -0.2) is 0 Å². The van der Waals surface area contributed by atoms with Gasteiger partial charge in [0.05, 0.1) is 0 Å². The molecule has 0 aliphatic heterocycles. The SMILES string of the molecule is CC1=CCCC(C)(C)[C@H]1/C=C/C(C)=C/C=C/C(C)=C/C=C/C=C(C)/C=C/C=C(C)/C=C/[C@H]1[C@H](C)CCCC1(C)C. The lowest BCUT2D eigenvalue weighted by Crippen LogP contribution is -2.32. The fraction of sp³-hybridized carbons (Fsp3) is 0.500. The van der Waals surface area contributed by atoms with Gasteiger partial charge in [-0.25, -0.2) is 0 Å². The van der Waals surface area contributed by atoms with Gasteiger partial charge < -0.3 is 0 Å². The third-order valence-corrected chi connectivity index (χ3v) is 8.97. The van der Waals surface area contributed by atoms with Gasteiger partial charge in [0.15, 0.2) is 0 Å². The predicted molar refractivity (Wildman–Crippen MR) is 181 cm³/mol. The quantitative estimate of drug-likeness (QED) is 0.192. The summed E-state index contributed by atoms with van der Waals surface area (Å²) in [5.41, 5.74) is 7.33. The van der Waals surface area contributed by atoms with Crippen LogP contribution in [0.25, 0.3) is 0 Å². The maximum absolute atomic E-state index is 2.46. The van der Waals surface area contributed by atoms with Crippen LogP contribution in [0.5, 0.6) is 0 Å². The smallest absolute Gasteiger partial charge is 0.00285 e. The lowest BCUT2D eigenvalue weighted by Gasteiger charge is -2.41. The second-order valence-corrected chi connectivity index (χ2v) is 13.8. The standard InChI is InChI=1S/C40H58/c1-31(19-13-21-33(3)25-27-37-35(5)23-15-29-39(37,7)8)17-11-12-18-32(2)20-14-22-34(4)26-28-38-36(6)24-16-30-40(38,9)10/h11-14,17-23,25-28,36-38H,15-16,24,29-30H2,1-10H3/b12-11+,19-13+,20-14+,27-25+,28-26+,31-17+,32-18+,33-21+,34-22+/t36-,37+,38+/m1/s1. The largest absolute Gasteiger partial charge is 0.0850 e. The fourth-order valence-corrected chi connectivity index (χ4v) is 6.27. The minimum absolute atomic E-state index is 0.345. The Morgan fingerprint density at radius 3 is 1.70 bits per heavy atom. The molecule has 0 saturated heterocycles. The second kappa shape index (κ2) is 16.0. The summed E-state index contributed by atoms with van der Waals surface area (Å²) in [5.74, 6) is 1.98. The van der Waals surface area contributed by atoms with E-state index >= 15 is 0 Å². The van der Waals surface area contributed by atoms with Gasteiger partial charge in [0.2, 0.25) is 0 Å². The maximum atomic E-state index is 2.46. The van der Waals surface area contributed by atoms with Gasteiger partial charge in [-0.15, -0.1) is 0 Å². The van der Waals surface area contributed by atoms with Crippen LogP contribution in [-0.2, 0) is 0 Å². The minimum Gasteiger partial charge on any atom is -0.0850 e. The fourth-order valence-electron chi connectivity index (χ4n) is 6.27. The van der Waals surface area contributed by atoms with Crippen LogP contribution in [0.2, 0.25) is 0 Å². The molecule has 0 bridgehead atoms. The molecule has 1 saturated carbocycles. The van der Waals surface area contributed by atoms with Gasteiger partial charge in [-0.1, -0.05) is 166 Å². The van der Waals surface area contributed by atoms with Crippen LogP contribution in [0, 0.1) is 28.6 Å². The van der Waals surface area contributed by atoms with Crippen LogP contribution in [0.15, 0.2) is 119 Å². The third kappa shape index (κ3) is 11.5. The summed E-state index contributed by atoms with van der Waals surface area (Å²) in [6.07, 6.45) is 40.0. The van der Waals surface area contributed by atoms with E-state index in [0.717, 1.165) is 5.92 Å². The molecule has 1 fully saturated rings. The minimum atomic E-state index is 0.345. The number of hydrogen-bond acceptors (Lipinski definition) is 0. The summed E-state index contributed by atoms with van der Waals surface area (Å²) in [7, 11) is 0. The molecule has 0 heteroatoms. The van der Waals surface area contributed by atoms with Crippen molar-refractivity contribution >= 4 is 0 Å². The molecule has 0 aromatic carbocycles. The Hall–Kier alpha value is -2.60. The Morgan fingerprint density at radius 2 is 1.18 bits per heavy atom. The van der Waals surface area contributed by atoms with Gasteiger partial charge in [0, 0.05) is 5.92 Å². The van der Waals surface area contributed by atoms with E-state index in [-0.39, 0.29) is 0 Å². The molecule has 2 aliphatic rings. The summed E-state index contributed by atoms with van der Waals surface area (Å²) in [6, 6.07) is 0. The molecule has 0 nitrogen and oxygen atoms in total. The Bertz CT molecular complexity index is 1130. The summed E-state index contributed by atoms with van der Waals surface area (Å²) < 4.78 is 0. The first-order chi connectivity index (χ1) is 18.8. The highest BCUT2D eigenvalue weighted by atomic mass is 14.4. The van der Waals surface area contributed by atoms with Crippen molar-refractivity contribution in [1.29, 1.82) is 0 Å². The van der Waals surface area contributed by atoms with Crippen molar-refractivity contribution in [1.82, 2.24) is 0 Å². The van der Waals surface area contributed by atoms with Gasteiger partial charge in [-0.3, -0.25) is 0 Å². The zero-order valence-corrected chi connectivity index (χ0v) is 27.4. The molecule has 0 radical (unpaired) electrons. The van der Waals surface area contributed by atoms with E-state index in [4.69, 9.17) is 0 Å². The van der Waals surface area contributed by atoms with Crippen molar-refractivity contribution in [2.45, 2.75) is 101 Å². The molecule has 0 heterocycles. The summed E-state index contributed by atoms with van der Waals surface area (Å²) >= 11 is 0. The highest BCUT2D eigenvalue weighted by molar-refractivity contribution is 5.32. The molecule has 2 aliphatic carbocycles. The average molecular weight is 539 g/mol. The lowest BCUT2D eigenvalue weighted by molar-refractivity contribution is 0.123. The van der Waals surface area contributed by atoms with Crippen molar-refractivity contribution in [3.63, 3.8) is 0 Å². The highest BCUT2D eigenvalue weighted by Crippen LogP contribution is 2.44. The molecule has 40 heavy (non-hydrogen) atoms. The molecule has 0 N–H and O–H groups in total.